The van der Waals surface area contributed by atoms with E-state index in [2.05, 4.69) is 10.3 Å². The highest BCUT2D eigenvalue weighted by atomic mass is 35.5. The number of aliphatic carboxylic acids is 1. The number of nitrogens with zero attached hydrogens (tertiary/aromatic N) is 5. The van der Waals surface area contributed by atoms with E-state index >= 15 is 4.39 Å². The normalized spacial score (nSPS) is 27.4. The van der Waals surface area contributed by atoms with Gasteiger partial charge in [-0.2, -0.15) is 0 Å². The fraction of sp³-hybridized carbons (Fsp3) is 0.645. The molecule has 1 saturated heterocycles. The summed E-state index contributed by atoms with van der Waals surface area (Å²) in [5.41, 5.74) is 1.60. The number of fused-ring (bicyclic) bond motifs is 2. The molecule has 2 aromatic rings. The summed E-state index contributed by atoms with van der Waals surface area (Å²) in [4.78, 5) is 43.2. The van der Waals surface area contributed by atoms with Crippen molar-refractivity contribution >= 4 is 29.4 Å². The summed E-state index contributed by atoms with van der Waals surface area (Å²) in [6.45, 7) is 3.50. The third-order valence-electron chi connectivity index (χ3n) is 10.7. The van der Waals surface area contributed by atoms with Crippen LogP contribution in [0.2, 0.25) is 5.02 Å². The largest absolute Gasteiger partial charge is 0.484 e. The molecule has 1 aromatic carbocycles. The van der Waals surface area contributed by atoms with Gasteiger partial charge in [-0.3, -0.25) is 14.4 Å². The van der Waals surface area contributed by atoms with Gasteiger partial charge in [0.2, 0.25) is 11.8 Å². The molecule has 5 aliphatic rings. The Morgan fingerprint density at radius 3 is 2.74 bits per heavy atom. The molecule has 2 amide bonds. The van der Waals surface area contributed by atoms with E-state index in [-0.39, 0.29) is 41.2 Å². The molecule has 230 valence electrons. The summed E-state index contributed by atoms with van der Waals surface area (Å²) in [5, 5.41) is 18.9. The smallest absolute Gasteiger partial charge is 0.310 e. The summed E-state index contributed by atoms with van der Waals surface area (Å²) in [6.07, 6.45) is 7.22. The van der Waals surface area contributed by atoms with Crippen molar-refractivity contribution in [1.29, 1.82) is 0 Å². The summed E-state index contributed by atoms with van der Waals surface area (Å²) < 4.78 is 23.9. The van der Waals surface area contributed by atoms with Gasteiger partial charge < -0.3 is 19.6 Å². The van der Waals surface area contributed by atoms with Crippen LogP contribution >= 0.6 is 11.6 Å². The first-order valence-corrected chi connectivity index (χ1v) is 15.8. The maximum absolute atomic E-state index is 15.8. The van der Waals surface area contributed by atoms with Gasteiger partial charge in [-0.1, -0.05) is 23.2 Å². The van der Waals surface area contributed by atoms with Crippen molar-refractivity contribution in [2.24, 2.45) is 16.7 Å². The molecule has 12 heteroatoms. The highest BCUT2D eigenvalue weighted by Crippen LogP contribution is 2.54. The van der Waals surface area contributed by atoms with Gasteiger partial charge in [-0.05, 0) is 75.3 Å². The van der Waals surface area contributed by atoms with Crippen LogP contribution in [-0.2, 0) is 40.4 Å². The van der Waals surface area contributed by atoms with Gasteiger partial charge in [0.15, 0.2) is 11.6 Å². The van der Waals surface area contributed by atoms with Crippen molar-refractivity contribution in [3.8, 4) is 5.75 Å². The Hall–Kier alpha value is -3.21. The number of halogens is 2. The standard InChI is InChI=1S/C31H37ClFN5O5/c1-30(29(41)42)8-4-5-19(30)28(40)37-12-7-18-20(32)13-21(33)27(43-16-22-23-6-2-3-11-38(23)35-34-22)26(18)24(37)15-36-17-31(9-10-31)14-25(36)39/h13,19,24H,2-12,14-17H2,1H3,(H,41,42)/t19-,24?,30-/m0/s1. The van der Waals surface area contributed by atoms with Crippen LogP contribution in [0.25, 0.3) is 0 Å². The topological polar surface area (TPSA) is 118 Å². The second-order valence-corrected chi connectivity index (χ2v) is 13.8. The highest BCUT2D eigenvalue weighted by molar-refractivity contribution is 6.31. The molecule has 2 aliphatic carbocycles. The molecule has 1 N–H and O–H groups in total. The SMILES string of the molecule is C[C@]1(C(=O)O)CCC[C@H]1C(=O)N1CCc2c(Cl)cc(F)c(OCc3nnn4c3CCCC4)c2C1CN1CC2(CC2)CC1=O. The number of hydrogen-bond donors (Lipinski definition) is 1. The van der Waals surface area contributed by atoms with Gasteiger partial charge >= 0.3 is 5.97 Å². The predicted octanol–water partition coefficient (Wildman–Crippen LogP) is 4.32. The Labute approximate surface area is 254 Å². The summed E-state index contributed by atoms with van der Waals surface area (Å²) in [5.74, 6) is -2.60. The molecule has 4 heterocycles. The Balaban J connectivity index is 1.27. The molecule has 43 heavy (non-hydrogen) atoms. The molecular formula is C31H37ClFN5O5. The summed E-state index contributed by atoms with van der Waals surface area (Å²) in [6, 6.07) is 0.522. The number of amides is 2. The van der Waals surface area contributed by atoms with Crippen molar-refractivity contribution in [2.75, 3.05) is 19.6 Å². The van der Waals surface area contributed by atoms with Crippen LogP contribution < -0.4 is 4.74 Å². The maximum Gasteiger partial charge on any atom is 0.310 e. The Morgan fingerprint density at radius 1 is 1.19 bits per heavy atom. The molecule has 1 unspecified atom stereocenters. The quantitative estimate of drug-likeness (QED) is 0.494. The van der Waals surface area contributed by atoms with Crippen LogP contribution in [0.5, 0.6) is 5.75 Å². The number of rotatable bonds is 7. The summed E-state index contributed by atoms with van der Waals surface area (Å²) >= 11 is 6.64. The number of carboxylic acids is 1. The second-order valence-electron chi connectivity index (χ2n) is 13.4. The zero-order valence-electron chi connectivity index (χ0n) is 24.4. The third kappa shape index (κ3) is 4.78. The first-order chi connectivity index (χ1) is 20.6. The Morgan fingerprint density at radius 2 is 2.00 bits per heavy atom. The fourth-order valence-corrected chi connectivity index (χ4v) is 8.22. The monoisotopic (exact) mass is 613 g/mol. The average molecular weight is 614 g/mol. The highest BCUT2D eigenvalue weighted by Gasteiger charge is 2.54. The number of likely N-dealkylation sites (tertiary alicyclic amines) is 1. The maximum atomic E-state index is 15.8. The minimum Gasteiger partial charge on any atom is -0.484 e. The zero-order valence-corrected chi connectivity index (χ0v) is 25.2. The number of aromatic nitrogens is 3. The summed E-state index contributed by atoms with van der Waals surface area (Å²) in [7, 11) is 0. The molecule has 0 radical (unpaired) electrons. The van der Waals surface area contributed by atoms with E-state index < -0.39 is 29.2 Å². The molecular weight excluding hydrogens is 577 g/mol. The lowest BCUT2D eigenvalue weighted by Crippen LogP contribution is -2.50. The number of hydrogen-bond acceptors (Lipinski definition) is 6. The van der Waals surface area contributed by atoms with Gasteiger partial charge in [0.1, 0.15) is 12.3 Å². The van der Waals surface area contributed by atoms with E-state index in [1.807, 2.05) is 4.68 Å². The van der Waals surface area contributed by atoms with E-state index in [1.54, 1.807) is 16.7 Å². The lowest BCUT2D eigenvalue weighted by Gasteiger charge is -2.42. The average Bonchev–Trinajstić information content (AvgIpc) is 3.27. The van der Waals surface area contributed by atoms with Gasteiger partial charge in [0.05, 0.1) is 23.1 Å². The van der Waals surface area contributed by atoms with Crippen molar-refractivity contribution < 1.29 is 28.6 Å². The molecule has 10 nitrogen and oxygen atoms in total. The van der Waals surface area contributed by atoms with E-state index in [1.165, 1.54) is 6.07 Å². The van der Waals surface area contributed by atoms with Crippen LogP contribution in [0, 0.1) is 22.6 Å². The Kier molecular flexibility index (Phi) is 6.94. The van der Waals surface area contributed by atoms with E-state index in [4.69, 9.17) is 16.3 Å². The number of carbonyl (C=O) groups is 3. The van der Waals surface area contributed by atoms with Crippen molar-refractivity contribution in [3.63, 3.8) is 0 Å². The van der Waals surface area contributed by atoms with Crippen molar-refractivity contribution in [1.82, 2.24) is 24.8 Å². The molecule has 1 aromatic heterocycles. The van der Waals surface area contributed by atoms with E-state index in [0.717, 1.165) is 44.3 Å². The minimum atomic E-state index is -1.18. The molecule has 3 atom stereocenters. The molecule has 1 spiro atoms. The van der Waals surface area contributed by atoms with Gasteiger partial charge in [-0.25, -0.2) is 9.07 Å². The van der Waals surface area contributed by atoms with E-state index in [9.17, 15) is 19.5 Å². The Bertz CT molecular complexity index is 1510. The predicted molar refractivity (Wildman–Crippen MR) is 153 cm³/mol. The van der Waals surface area contributed by atoms with Crippen molar-refractivity contribution in [3.05, 3.63) is 39.4 Å². The molecule has 3 aliphatic heterocycles. The number of aryl methyl sites for hydroxylation is 1. The molecule has 2 saturated carbocycles. The van der Waals surface area contributed by atoms with Crippen LogP contribution in [-0.4, -0.2) is 67.3 Å². The first kappa shape index (κ1) is 28.6. The number of carbonyl (C=O) groups excluding carboxylic acids is 2. The van der Waals surface area contributed by atoms with Gasteiger partial charge in [0.25, 0.3) is 0 Å². The lowest BCUT2D eigenvalue weighted by molar-refractivity contribution is -0.157. The van der Waals surface area contributed by atoms with Crippen LogP contribution in [0.4, 0.5) is 4.39 Å². The molecule has 3 fully saturated rings. The number of carboxylic acid groups (broad SMARTS) is 1. The first-order valence-electron chi connectivity index (χ1n) is 15.5. The fourth-order valence-electron chi connectivity index (χ4n) is 7.92. The third-order valence-corrected chi connectivity index (χ3v) is 11.1. The molecule has 7 rings (SSSR count). The minimum absolute atomic E-state index is 0.000316. The van der Waals surface area contributed by atoms with Crippen LogP contribution in [0.3, 0.4) is 0 Å². The lowest BCUT2D eigenvalue weighted by atomic mass is 9.78. The van der Waals surface area contributed by atoms with Crippen LogP contribution in [0.1, 0.15) is 86.8 Å². The number of ether oxygens (including phenoxy) is 1. The van der Waals surface area contributed by atoms with E-state index in [0.29, 0.717) is 62.0 Å². The zero-order chi connectivity index (χ0) is 30.1. The number of benzene rings is 1. The second kappa shape index (κ2) is 10.5. The van der Waals surface area contributed by atoms with Gasteiger partial charge in [0, 0.05) is 43.2 Å². The molecule has 0 bridgehead atoms. The van der Waals surface area contributed by atoms with Crippen LogP contribution in [0.15, 0.2) is 6.07 Å². The van der Waals surface area contributed by atoms with Crippen molar-refractivity contribution in [2.45, 2.75) is 90.3 Å². The van der Waals surface area contributed by atoms with Gasteiger partial charge in [-0.15, -0.1) is 5.10 Å².